The highest BCUT2D eigenvalue weighted by Gasteiger charge is 2.15. The van der Waals surface area contributed by atoms with Crippen molar-refractivity contribution in [2.45, 2.75) is 26.3 Å². The van der Waals surface area contributed by atoms with Gasteiger partial charge >= 0.3 is 0 Å². The Bertz CT molecular complexity index is 749. The fourth-order valence-corrected chi connectivity index (χ4v) is 2.97. The third-order valence-electron chi connectivity index (χ3n) is 3.82. The van der Waals surface area contributed by atoms with Gasteiger partial charge in [0.15, 0.2) is 6.61 Å². The first-order chi connectivity index (χ1) is 11.9. The van der Waals surface area contributed by atoms with Crippen molar-refractivity contribution < 1.29 is 14.3 Å². The first kappa shape index (κ1) is 19.4. The Morgan fingerprint density at radius 3 is 2.48 bits per heavy atom. The van der Waals surface area contributed by atoms with E-state index in [1.165, 1.54) is 0 Å². The molecular formula is C19H21Cl2NO3. The first-order valence-corrected chi connectivity index (χ1v) is 8.72. The third-order valence-corrected chi connectivity index (χ3v) is 4.35. The zero-order chi connectivity index (χ0) is 18.4. The lowest BCUT2D eigenvalue weighted by Crippen LogP contribution is -2.32. The summed E-state index contributed by atoms with van der Waals surface area (Å²) in [5.41, 5.74) is 2.05. The summed E-state index contributed by atoms with van der Waals surface area (Å²) < 4.78 is 10.7. The van der Waals surface area contributed by atoms with Gasteiger partial charge in [-0.3, -0.25) is 4.79 Å². The van der Waals surface area contributed by atoms with E-state index in [-0.39, 0.29) is 18.6 Å². The van der Waals surface area contributed by atoms with E-state index in [9.17, 15) is 4.79 Å². The van der Waals surface area contributed by atoms with E-state index in [1.807, 2.05) is 32.0 Å². The number of hydrogen-bond donors (Lipinski definition) is 1. The van der Waals surface area contributed by atoms with Gasteiger partial charge in [-0.05, 0) is 48.7 Å². The molecule has 25 heavy (non-hydrogen) atoms. The largest absolute Gasteiger partial charge is 0.496 e. The van der Waals surface area contributed by atoms with Crippen LogP contribution in [0, 0.1) is 6.92 Å². The second-order valence-corrected chi connectivity index (χ2v) is 6.46. The van der Waals surface area contributed by atoms with Gasteiger partial charge in [0.2, 0.25) is 0 Å². The SMILES string of the molecule is CC[C@H](NC(=O)COc1ccc(Cl)cc1Cl)c1ccc(OC)c(C)c1. The molecule has 0 aliphatic heterocycles. The molecule has 4 nitrogen and oxygen atoms in total. The van der Waals surface area contributed by atoms with Gasteiger partial charge in [0.25, 0.3) is 5.91 Å². The number of carbonyl (C=O) groups is 1. The van der Waals surface area contributed by atoms with Crippen molar-refractivity contribution in [3.8, 4) is 11.5 Å². The van der Waals surface area contributed by atoms with E-state index in [0.717, 1.165) is 23.3 Å². The van der Waals surface area contributed by atoms with Gasteiger partial charge in [0.05, 0.1) is 18.2 Å². The van der Waals surface area contributed by atoms with Gasteiger partial charge < -0.3 is 14.8 Å². The molecule has 1 amide bonds. The maximum Gasteiger partial charge on any atom is 0.258 e. The number of benzene rings is 2. The van der Waals surface area contributed by atoms with Gasteiger partial charge in [-0.1, -0.05) is 42.3 Å². The molecule has 0 fully saturated rings. The molecule has 134 valence electrons. The molecule has 0 saturated carbocycles. The average Bonchev–Trinajstić information content (AvgIpc) is 2.58. The summed E-state index contributed by atoms with van der Waals surface area (Å²) >= 11 is 11.9. The third kappa shape index (κ3) is 5.28. The number of carbonyl (C=O) groups excluding carboxylic acids is 1. The molecule has 1 N–H and O–H groups in total. The standard InChI is InChI=1S/C19H21Cl2NO3/c1-4-16(13-5-7-17(24-3)12(2)9-13)22-19(23)11-25-18-8-6-14(20)10-15(18)21/h5-10,16H,4,11H2,1-3H3,(H,22,23)/t16-/m0/s1. The van der Waals surface area contributed by atoms with Crippen molar-refractivity contribution in [3.05, 3.63) is 57.6 Å². The van der Waals surface area contributed by atoms with Crippen LogP contribution in [0.3, 0.4) is 0 Å². The van der Waals surface area contributed by atoms with Crippen molar-refractivity contribution in [2.75, 3.05) is 13.7 Å². The predicted octanol–water partition coefficient (Wildman–Crippen LogP) is 4.96. The lowest BCUT2D eigenvalue weighted by molar-refractivity contribution is -0.123. The average molecular weight is 382 g/mol. The number of hydrogen-bond acceptors (Lipinski definition) is 3. The fourth-order valence-electron chi connectivity index (χ4n) is 2.51. The van der Waals surface area contributed by atoms with Crippen LogP contribution in [0.25, 0.3) is 0 Å². The number of aryl methyl sites for hydroxylation is 1. The molecule has 0 aromatic heterocycles. The minimum atomic E-state index is -0.216. The highest BCUT2D eigenvalue weighted by molar-refractivity contribution is 6.35. The molecule has 6 heteroatoms. The Balaban J connectivity index is 1.98. The Kier molecular flexibility index (Phi) is 6.97. The van der Waals surface area contributed by atoms with Crippen LogP contribution in [-0.4, -0.2) is 19.6 Å². The monoisotopic (exact) mass is 381 g/mol. The smallest absolute Gasteiger partial charge is 0.258 e. The summed E-state index contributed by atoms with van der Waals surface area (Å²) in [4.78, 5) is 12.2. The lowest BCUT2D eigenvalue weighted by Gasteiger charge is -2.19. The van der Waals surface area contributed by atoms with E-state index in [0.29, 0.717) is 15.8 Å². The van der Waals surface area contributed by atoms with Crippen molar-refractivity contribution in [2.24, 2.45) is 0 Å². The molecule has 0 aliphatic rings. The minimum Gasteiger partial charge on any atom is -0.496 e. The van der Waals surface area contributed by atoms with Crippen LogP contribution in [-0.2, 0) is 4.79 Å². The molecule has 0 bridgehead atoms. The minimum absolute atomic E-state index is 0.0959. The molecule has 2 aromatic carbocycles. The summed E-state index contributed by atoms with van der Waals surface area (Å²) in [6, 6.07) is 10.7. The summed E-state index contributed by atoms with van der Waals surface area (Å²) in [5, 5.41) is 3.86. The zero-order valence-electron chi connectivity index (χ0n) is 14.4. The summed E-state index contributed by atoms with van der Waals surface area (Å²) in [6.07, 6.45) is 0.763. The molecule has 0 heterocycles. The number of amides is 1. The number of nitrogens with one attached hydrogen (secondary N) is 1. The van der Waals surface area contributed by atoms with Gasteiger partial charge in [0.1, 0.15) is 11.5 Å². The molecule has 2 aromatic rings. The van der Waals surface area contributed by atoms with Crippen LogP contribution >= 0.6 is 23.2 Å². The van der Waals surface area contributed by atoms with E-state index in [4.69, 9.17) is 32.7 Å². The Hall–Kier alpha value is -1.91. The van der Waals surface area contributed by atoms with Crippen molar-refractivity contribution in [1.29, 1.82) is 0 Å². The molecule has 2 rings (SSSR count). The molecule has 0 radical (unpaired) electrons. The van der Waals surface area contributed by atoms with Crippen molar-refractivity contribution >= 4 is 29.1 Å². The number of ether oxygens (including phenoxy) is 2. The van der Waals surface area contributed by atoms with Crippen LogP contribution < -0.4 is 14.8 Å². The molecule has 0 saturated heterocycles. The molecular weight excluding hydrogens is 361 g/mol. The van der Waals surface area contributed by atoms with E-state index in [2.05, 4.69) is 5.32 Å². The predicted molar refractivity (Wildman–Crippen MR) is 101 cm³/mol. The van der Waals surface area contributed by atoms with Gasteiger partial charge in [-0.15, -0.1) is 0 Å². The first-order valence-electron chi connectivity index (χ1n) is 7.96. The van der Waals surface area contributed by atoms with Crippen LogP contribution in [0.1, 0.15) is 30.5 Å². The highest BCUT2D eigenvalue weighted by atomic mass is 35.5. The van der Waals surface area contributed by atoms with Crippen molar-refractivity contribution in [1.82, 2.24) is 5.32 Å². The number of methoxy groups -OCH3 is 1. The van der Waals surface area contributed by atoms with Gasteiger partial charge in [0, 0.05) is 5.02 Å². The molecule has 0 unspecified atom stereocenters. The van der Waals surface area contributed by atoms with E-state index < -0.39 is 0 Å². The summed E-state index contributed by atoms with van der Waals surface area (Å²) in [5.74, 6) is 1.03. The second-order valence-electron chi connectivity index (χ2n) is 5.62. The quantitative estimate of drug-likeness (QED) is 0.737. The van der Waals surface area contributed by atoms with E-state index in [1.54, 1.807) is 25.3 Å². The number of halogens is 2. The van der Waals surface area contributed by atoms with Crippen LogP contribution in [0.5, 0.6) is 11.5 Å². The Labute approximate surface area is 158 Å². The molecule has 1 atom stereocenters. The Morgan fingerprint density at radius 1 is 1.16 bits per heavy atom. The maximum absolute atomic E-state index is 12.2. The van der Waals surface area contributed by atoms with Gasteiger partial charge in [-0.25, -0.2) is 0 Å². The van der Waals surface area contributed by atoms with Crippen LogP contribution in [0.2, 0.25) is 10.0 Å². The van der Waals surface area contributed by atoms with Crippen molar-refractivity contribution in [3.63, 3.8) is 0 Å². The molecule has 0 aliphatic carbocycles. The Morgan fingerprint density at radius 2 is 1.88 bits per heavy atom. The van der Waals surface area contributed by atoms with Crippen LogP contribution in [0.15, 0.2) is 36.4 Å². The normalized spacial score (nSPS) is 11.7. The zero-order valence-corrected chi connectivity index (χ0v) is 15.9. The van der Waals surface area contributed by atoms with Gasteiger partial charge in [-0.2, -0.15) is 0 Å². The molecule has 0 spiro atoms. The second kappa shape index (κ2) is 8.97. The topological polar surface area (TPSA) is 47.6 Å². The van der Waals surface area contributed by atoms with E-state index >= 15 is 0 Å². The lowest BCUT2D eigenvalue weighted by atomic mass is 10.0. The highest BCUT2D eigenvalue weighted by Crippen LogP contribution is 2.27. The summed E-state index contributed by atoms with van der Waals surface area (Å²) in [7, 11) is 1.64. The van der Waals surface area contributed by atoms with Crippen LogP contribution in [0.4, 0.5) is 0 Å². The number of rotatable bonds is 7. The summed E-state index contributed by atoms with van der Waals surface area (Å²) in [6.45, 7) is 3.87. The fraction of sp³-hybridized carbons (Fsp3) is 0.316. The maximum atomic E-state index is 12.2.